The quantitative estimate of drug-likeness (QED) is 0.515. The molecular weight excluding hydrogens is 184 g/mol. The predicted molar refractivity (Wildman–Crippen MR) is 42.3 cm³/mol. The summed E-state index contributed by atoms with van der Waals surface area (Å²) in [5.41, 5.74) is 0. The topological polar surface area (TPSA) is 80.7 Å². The summed E-state index contributed by atoms with van der Waals surface area (Å²) in [5.74, 6) is -0.951. The van der Waals surface area contributed by atoms with Crippen LogP contribution in [0.25, 0.3) is 0 Å². The molecule has 0 unspecified atom stereocenters. The van der Waals surface area contributed by atoms with Crippen LogP contribution < -0.4 is 0 Å². The third-order valence-corrected chi connectivity index (χ3v) is 2.87. The lowest BCUT2D eigenvalue weighted by Gasteiger charge is -2.17. The van der Waals surface area contributed by atoms with Crippen molar-refractivity contribution in [2.75, 3.05) is 6.61 Å². The van der Waals surface area contributed by atoms with Crippen LogP contribution in [0.5, 0.6) is 0 Å². The average molecular weight is 196 g/mol. The maximum absolute atomic E-state index is 11.0. The van der Waals surface area contributed by atoms with Crippen molar-refractivity contribution in [1.82, 2.24) is 0 Å². The first-order valence-corrected chi connectivity index (χ1v) is 4.81. The molecule has 0 aliphatic rings. The molecule has 0 rings (SSSR count). The Morgan fingerprint density at radius 2 is 1.92 bits per heavy atom. The van der Waals surface area contributed by atoms with E-state index in [4.69, 9.17) is 4.55 Å². The number of carbonyl (C=O) groups is 1. The molecule has 0 aliphatic carbocycles. The Hall–Kier alpha value is -0.620. The Kier molecular flexibility index (Phi) is 3.23. The first-order valence-electron chi connectivity index (χ1n) is 3.37. The Bertz CT molecular complexity index is 264. The fourth-order valence-electron chi connectivity index (χ4n) is 0.410. The van der Waals surface area contributed by atoms with E-state index in [0.29, 0.717) is 0 Å². The zero-order chi connectivity index (χ0) is 9.99. The molecule has 12 heavy (non-hydrogen) atoms. The SMILES string of the molecule is CCOC(=O)C(C)(C)S(=O)(=O)O. The molecule has 0 fully saturated rings. The Morgan fingerprint density at radius 3 is 2.17 bits per heavy atom. The minimum Gasteiger partial charge on any atom is -0.465 e. The highest BCUT2D eigenvalue weighted by Gasteiger charge is 2.42. The molecule has 0 aromatic rings. The summed E-state index contributed by atoms with van der Waals surface area (Å²) in [5, 5.41) is 0. The van der Waals surface area contributed by atoms with Crippen LogP contribution in [-0.4, -0.2) is 30.3 Å². The van der Waals surface area contributed by atoms with Gasteiger partial charge in [-0.25, -0.2) is 0 Å². The number of hydrogen-bond donors (Lipinski definition) is 1. The summed E-state index contributed by atoms with van der Waals surface area (Å²) in [6.45, 7) is 3.80. The minimum absolute atomic E-state index is 0.0811. The van der Waals surface area contributed by atoms with Gasteiger partial charge < -0.3 is 4.74 Å². The van der Waals surface area contributed by atoms with Crippen molar-refractivity contribution in [3.8, 4) is 0 Å². The maximum atomic E-state index is 11.0. The van der Waals surface area contributed by atoms with Crippen LogP contribution in [0.15, 0.2) is 0 Å². The molecule has 0 heterocycles. The van der Waals surface area contributed by atoms with E-state index in [9.17, 15) is 13.2 Å². The molecular formula is C6H12O5S. The van der Waals surface area contributed by atoms with Crippen LogP contribution in [0.4, 0.5) is 0 Å². The average Bonchev–Trinajstić information content (AvgIpc) is 1.85. The lowest BCUT2D eigenvalue weighted by Crippen LogP contribution is -2.41. The summed E-state index contributed by atoms with van der Waals surface area (Å²) >= 11 is 0. The van der Waals surface area contributed by atoms with Gasteiger partial charge in [-0.1, -0.05) is 0 Å². The molecule has 0 atom stereocenters. The standard InChI is InChI=1S/C6H12O5S/c1-4-11-5(7)6(2,3)12(8,9)10/h4H2,1-3H3,(H,8,9,10). The third-order valence-electron chi connectivity index (χ3n) is 1.41. The number of esters is 1. The monoisotopic (exact) mass is 196 g/mol. The summed E-state index contributed by atoms with van der Waals surface area (Å²) < 4.78 is 32.4. The molecule has 6 heteroatoms. The molecule has 0 bridgehead atoms. The summed E-state index contributed by atoms with van der Waals surface area (Å²) in [6, 6.07) is 0. The second kappa shape index (κ2) is 3.40. The number of hydrogen-bond acceptors (Lipinski definition) is 4. The van der Waals surface area contributed by atoms with Gasteiger partial charge in [0, 0.05) is 0 Å². The van der Waals surface area contributed by atoms with Gasteiger partial charge in [-0.15, -0.1) is 0 Å². The molecule has 0 aromatic heterocycles. The van der Waals surface area contributed by atoms with Gasteiger partial charge >= 0.3 is 5.97 Å². The first-order chi connectivity index (χ1) is 5.23. The first kappa shape index (κ1) is 11.4. The molecule has 0 spiro atoms. The van der Waals surface area contributed by atoms with Gasteiger partial charge in [0.05, 0.1) is 6.61 Å². The highest BCUT2D eigenvalue weighted by molar-refractivity contribution is 7.88. The summed E-state index contributed by atoms with van der Waals surface area (Å²) in [4.78, 5) is 11.0. The molecule has 0 saturated carbocycles. The Morgan fingerprint density at radius 1 is 1.50 bits per heavy atom. The molecule has 0 amide bonds. The van der Waals surface area contributed by atoms with Gasteiger partial charge in [0.2, 0.25) is 0 Å². The molecule has 72 valence electrons. The predicted octanol–water partition coefficient (Wildman–Crippen LogP) is 0.216. The lowest BCUT2D eigenvalue weighted by molar-refractivity contribution is -0.145. The van der Waals surface area contributed by atoms with E-state index < -0.39 is 20.8 Å². The van der Waals surface area contributed by atoms with E-state index in [0.717, 1.165) is 13.8 Å². The van der Waals surface area contributed by atoms with Gasteiger partial charge in [0.25, 0.3) is 10.1 Å². The van der Waals surface area contributed by atoms with Crippen molar-refractivity contribution in [2.24, 2.45) is 0 Å². The van der Waals surface area contributed by atoms with Crippen molar-refractivity contribution < 1.29 is 22.5 Å². The van der Waals surface area contributed by atoms with E-state index in [2.05, 4.69) is 4.74 Å². The zero-order valence-electron chi connectivity index (χ0n) is 7.20. The van der Waals surface area contributed by atoms with Gasteiger partial charge in [0.15, 0.2) is 4.75 Å². The van der Waals surface area contributed by atoms with Gasteiger partial charge in [0.1, 0.15) is 0 Å². The van der Waals surface area contributed by atoms with Crippen LogP contribution in [0.2, 0.25) is 0 Å². The lowest BCUT2D eigenvalue weighted by atomic mass is 10.2. The fraction of sp³-hybridized carbons (Fsp3) is 0.833. The zero-order valence-corrected chi connectivity index (χ0v) is 8.01. The van der Waals surface area contributed by atoms with Gasteiger partial charge in [-0.05, 0) is 20.8 Å². The van der Waals surface area contributed by atoms with Crippen molar-refractivity contribution >= 4 is 16.1 Å². The Balaban J connectivity index is 4.75. The van der Waals surface area contributed by atoms with Crippen LogP contribution in [0.3, 0.4) is 0 Å². The molecule has 0 aromatic carbocycles. The fourth-order valence-corrected chi connectivity index (χ4v) is 0.680. The molecule has 0 aliphatic heterocycles. The number of ether oxygens (including phenoxy) is 1. The third kappa shape index (κ3) is 2.18. The van der Waals surface area contributed by atoms with Crippen molar-refractivity contribution in [1.29, 1.82) is 0 Å². The number of rotatable bonds is 3. The van der Waals surface area contributed by atoms with Crippen LogP contribution in [0.1, 0.15) is 20.8 Å². The second-order valence-corrected chi connectivity index (χ2v) is 4.68. The van der Waals surface area contributed by atoms with Crippen LogP contribution in [0, 0.1) is 0 Å². The minimum atomic E-state index is -4.40. The number of carbonyl (C=O) groups excluding carboxylic acids is 1. The largest absolute Gasteiger partial charge is 0.465 e. The second-order valence-electron chi connectivity index (χ2n) is 2.71. The smallest absolute Gasteiger partial charge is 0.329 e. The summed E-state index contributed by atoms with van der Waals surface area (Å²) in [7, 11) is -4.40. The van der Waals surface area contributed by atoms with Crippen molar-refractivity contribution in [3.63, 3.8) is 0 Å². The van der Waals surface area contributed by atoms with Crippen LogP contribution in [-0.2, 0) is 19.6 Å². The van der Waals surface area contributed by atoms with Crippen molar-refractivity contribution in [2.45, 2.75) is 25.5 Å². The van der Waals surface area contributed by atoms with E-state index >= 15 is 0 Å². The van der Waals surface area contributed by atoms with Crippen LogP contribution >= 0.6 is 0 Å². The Labute approximate surface area is 71.5 Å². The van der Waals surface area contributed by atoms with E-state index in [1.165, 1.54) is 0 Å². The molecule has 1 N–H and O–H groups in total. The molecule has 0 radical (unpaired) electrons. The van der Waals surface area contributed by atoms with E-state index in [1.54, 1.807) is 6.92 Å². The normalized spacial score (nSPS) is 12.7. The highest BCUT2D eigenvalue weighted by atomic mass is 32.2. The molecule has 5 nitrogen and oxygen atoms in total. The molecule has 0 saturated heterocycles. The van der Waals surface area contributed by atoms with E-state index in [-0.39, 0.29) is 6.61 Å². The van der Waals surface area contributed by atoms with Gasteiger partial charge in [-0.3, -0.25) is 9.35 Å². The maximum Gasteiger partial charge on any atom is 0.329 e. The van der Waals surface area contributed by atoms with Crippen molar-refractivity contribution in [3.05, 3.63) is 0 Å². The highest BCUT2D eigenvalue weighted by Crippen LogP contribution is 2.16. The summed E-state index contributed by atoms with van der Waals surface area (Å²) in [6.07, 6.45) is 0. The van der Waals surface area contributed by atoms with E-state index in [1.807, 2.05) is 0 Å². The van der Waals surface area contributed by atoms with Gasteiger partial charge in [-0.2, -0.15) is 8.42 Å².